The highest BCUT2D eigenvalue weighted by Gasteiger charge is 2.34. The number of aliphatic hydroxyl groups is 1. The molecular formula is C8H6F5NO. The molecule has 0 bridgehead atoms. The molecule has 0 radical (unpaired) electrons. The summed E-state index contributed by atoms with van der Waals surface area (Å²) in [4.78, 5) is 3.04. The summed E-state index contributed by atoms with van der Waals surface area (Å²) in [7, 11) is 0. The van der Waals surface area contributed by atoms with E-state index in [1.807, 2.05) is 0 Å². The van der Waals surface area contributed by atoms with E-state index in [0.717, 1.165) is 0 Å². The lowest BCUT2D eigenvalue weighted by atomic mass is 10.1. The maximum absolute atomic E-state index is 12.2. The van der Waals surface area contributed by atoms with Crippen LogP contribution in [0.25, 0.3) is 0 Å². The molecule has 0 saturated heterocycles. The van der Waals surface area contributed by atoms with Gasteiger partial charge in [-0.15, -0.1) is 0 Å². The van der Waals surface area contributed by atoms with Crippen LogP contribution in [-0.4, -0.2) is 10.1 Å². The lowest BCUT2D eigenvalue weighted by Crippen LogP contribution is -2.12. The highest BCUT2D eigenvalue weighted by molar-refractivity contribution is 5.25. The van der Waals surface area contributed by atoms with Gasteiger partial charge in [-0.3, -0.25) is 0 Å². The Bertz CT molecular complexity index is 349. The molecule has 0 aliphatic carbocycles. The molecule has 1 rings (SSSR count). The summed E-state index contributed by atoms with van der Waals surface area (Å²) in [6.45, 7) is -1.03. The fraction of sp³-hybridized carbons (Fsp3) is 0.375. The van der Waals surface area contributed by atoms with Gasteiger partial charge in [0.15, 0.2) is 0 Å². The maximum Gasteiger partial charge on any atom is 0.418 e. The van der Waals surface area contributed by atoms with Gasteiger partial charge in [-0.1, -0.05) is 0 Å². The van der Waals surface area contributed by atoms with Crippen molar-refractivity contribution in [2.24, 2.45) is 0 Å². The number of halogens is 5. The van der Waals surface area contributed by atoms with Gasteiger partial charge in [0.1, 0.15) is 5.69 Å². The fourth-order valence-electron chi connectivity index (χ4n) is 1.02. The second kappa shape index (κ2) is 4.09. The Kier molecular flexibility index (Phi) is 3.23. The van der Waals surface area contributed by atoms with Gasteiger partial charge in [0, 0.05) is 0 Å². The minimum absolute atomic E-state index is 0.486. The molecule has 0 spiro atoms. The topological polar surface area (TPSA) is 33.1 Å². The van der Waals surface area contributed by atoms with Crippen LogP contribution in [-0.2, 0) is 12.8 Å². The van der Waals surface area contributed by atoms with Crippen molar-refractivity contribution in [3.8, 4) is 0 Å². The number of rotatable bonds is 2. The minimum atomic E-state index is -4.70. The number of hydrogen-bond donors (Lipinski definition) is 1. The highest BCUT2D eigenvalue weighted by Crippen LogP contribution is 2.32. The Morgan fingerprint density at radius 1 is 1.27 bits per heavy atom. The first kappa shape index (κ1) is 11.8. The van der Waals surface area contributed by atoms with Crippen LogP contribution in [0.2, 0.25) is 0 Å². The average molecular weight is 227 g/mol. The fourth-order valence-corrected chi connectivity index (χ4v) is 1.02. The number of aromatic nitrogens is 1. The molecule has 0 aromatic carbocycles. The number of nitrogens with zero attached hydrogens (tertiary/aromatic N) is 1. The first-order chi connectivity index (χ1) is 6.86. The van der Waals surface area contributed by atoms with Gasteiger partial charge in [0.25, 0.3) is 6.43 Å². The van der Waals surface area contributed by atoms with Crippen molar-refractivity contribution in [2.75, 3.05) is 0 Å². The van der Waals surface area contributed by atoms with Crippen LogP contribution in [0.4, 0.5) is 22.0 Å². The number of alkyl halides is 5. The van der Waals surface area contributed by atoms with E-state index in [-0.39, 0.29) is 0 Å². The van der Waals surface area contributed by atoms with Crippen molar-refractivity contribution in [1.82, 2.24) is 4.98 Å². The molecule has 0 atom stereocenters. The Morgan fingerprint density at radius 3 is 2.27 bits per heavy atom. The molecule has 1 aromatic rings. The number of hydrogen-bond acceptors (Lipinski definition) is 2. The summed E-state index contributed by atoms with van der Waals surface area (Å²) >= 11 is 0. The van der Waals surface area contributed by atoms with Gasteiger partial charge in [-0.25, -0.2) is 13.8 Å². The first-order valence-electron chi connectivity index (χ1n) is 3.82. The first-order valence-corrected chi connectivity index (χ1v) is 3.82. The molecule has 0 unspecified atom stereocenters. The molecule has 0 saturated carbocycles. The lowest BCUT2D eigenvalue weighted by Gasteiger charge is -2.11. The molecule has 2 nitrogen and oxygen atoms in total. The highest BCUT2D eigenvalue weighted by atomic mass is 19.4. The largest absolute Gasteiger partial charge is 0.418 e. The van der Waals surface area contributed by atoms with Crippen LogP contribution in [0.15, 0.2) is 12.1 Å². The van der Waals surface area contributed by atoms with Crippen molar-refractivity contribution < 1.29 is 27.1 Å². The predicted octanol–water partition coefficient (Wildman–Crippen LogP) is 2.53. The zero-order chi connectivity index (χ0) is 11.6. The molecule has 84 valence electrons. The molecule has 15 heavy (non-hydrogen) atoms. The van der Waals surface area contributed by atoms with Crippen LogP contribution in [0, 0.1) is 0 Å². The van der Waals surface area contributed by atoms with E-state index in [1.165, 1.54) is 0 Å². The lowest BCUT2D eigenvalue weighted by molar-refractivity contribution is -0.139. The second-order valence-corrected chi connectivity index (χ2v) is 2.69. The monoisotopic (exact) mass is 227 g/mol. The summed E-state index contributed by atoms with van der Waals surface area (Å²) < 4.78 is 60.9. The molecule has 1 aromatic heterocycles. The SMILES string of the molecule is OCc1nc(C(F)F)ccc1C(F)(F)F. The standard InChI is InChI=1S/C8H6F5NO/c9-7(10)5-2-1-4(8(11,12)13)6(3-15)14-5/h1-2,7,15H,3H2. The van der Waals surface area contributed by atoms with Gasteiger partial charge in [-0.05, 0) is 12.1 Å². The molecule has 1 heterocycles. The molecule has 0 aliphatic heterocycles. The van der Waals surface area contributed by atoms with Crippen LogP contribution in [0.3, 0.4) is 0 Å². The number of pyridine rings is 1. The zero-order valence-corrected chi connectivity index (χ0v) is 7.22. The third kappa shape index (κ3) is 2.62. The van der Waals surface area contributed by atoms with E-state index in [9.17, 15) is 22.0 Å². The predicted molar refractivity (Wildman–Crippen MR) is 40.1 cm³/mol. The molecular weight excluding hydrogens is 221 g/mol. The van der Waals surface area contributed by atoms with E-state index in [0.29, 0.717) is 12.1 Å². The minimum Gasteiger partial charge on any atom is -0.390 e. The molecule has 1 N–H and O–H groups in total. The van der Waals surface area contributed by atoms with Gasteiger partial charge in [-0.2, -0.15) is 13.2 Å². The molecule has 0 aliphatic rings. The average Bonchev–Trinajstić information content (AvgIpc) is 2.15. The van der Waals surface area contributed by atoms with E-state index in [1.54, 1.807) is 0 Å². The third-order valence-corrected chi connectivity index (χ3v) is 1.67. The molecule has 7 heteroatoms. The van der Waals surface area contributed by atoms with Gasteiger partial charge >= 0.3 is 6.18 Å². The smallest absolute Gasteiger partial charge is 0.390 e. The van der Waals surface area contributed by atoms with Crippen molar-refractivity contribution in [3.63, 3.8) is 0 Å². The second-order valence-electron chi connectivity index (χ2n) is 2.69. The van der Waals surface area contributed by atoms with E-state index in [2.05, 4.69) is 4.98 Å². The van der Waals surface area contributed by atoms with Crippen LogP contribution < -0.4 is 0 Å². The summed E-state index contributed by atoms with van der Waals surface area (Å²) in [5.41, 5.74) is -2.78. The molecule has 0 amide bonds. The normalized spacial score (nSPS) is 12.2. The summed E-state index contributed by atoms with van der Waals surface area (Å²) in [6.07, 6.45) is -7.66. The van der Waals surface area contributed by atoms with Gasteiger partial charge in [0.05, 0.1) is 17.9 Å². The summed E-state index contributed by atoms with van der Waals surface area (Å²) in [5, 5.41) is 8.58. The van der Waals surface area contributed by atoms with Gasteiger partial charge in [0.2, 0.25) is 0 Å². The third-order valence-electron chi connectivity index (χ3n) is 1.67. The van der Waals surface area contributed by atoms with E-state index >= 15 is 0 Å². The zero-order valence-electron chi connectivity index (χ0n) is 7.22. The van der Waals surface area contributed by atoms with Crippen molar-refractivity contribution >= 4 is 0 Å². The summed E-state index contributed by atoms with van der Waals surface area (Å²) in [6, 6.07) is 1.08. The summed E-state index contributed by atoms with van der Waals surface area (Å²) in [5.74, 6) is 0. The van der Waals surface area contributed by atoms with Gasteiger partial charge < -0.3 is 5.11 Å². The van der Waals surface area contributed by atoms with Crippen molar-refractivity contribution in [1.29, 1.82) is 0 Å². The maximum atomic E-state index is 12.2. The van der Waals surface area contributed by atoms with Crippen LogP contribution in [0.5, 0.6) is 0 Å². The Balaban J connectivity index is 3.21. The van der Waals surface area contributed by atoms with E-state index in [4.69, 9.17) is 5.11 Å². The van der Waals surface area contributed by atoms with Crippen LogP contribution in [0.1, 0.15) is 23.4 Å². The Hall–Kier alpha value is -1.24. The Labute approximate surface area is 81.4 Å². The van der Waals surface area contributed by atoms with Crippen LogP contribution >= 0.6 is 0 Å². The number of aliphatic hydroxyl groups excluding tert-OH is 1. The van der Waals surface area contributed by atoms with Crippen molar-refractivity contribution in [2.45, 2.75) is 19.2 Å². The quantitative estimate of drug-likeness (QED) is 0.787. The Morgan fingerprint density at radius 2 is 1.87 bits per heavy atom. The molecule has 0 fully saturated rings. The van der Waals surface area contributed by atoms with Crippen molar-refractivity contribution in [3.05, 3.63) is 29.1 Å². The van der Waals surface area contributed by atoms with E-state index < -0.39 is 36.2 Å².